The van der Waals surface area contributed by atoms with E-state index in [4.69, 9.17) is 4.42 Å². The van der Waals surface area contributed by atoms with Crippen LogP contribution in [0.25, 0.3) is 11.2 Å². The van der Waals surface area contributed by atoms with E-state index in [1.807, 2.05) is 6.92 Å². The van der Waals surface area contributed by atoms with Crippen LogP contribution in [0.5, 0.6) is 0 Å². The van der Waals surface area contributed by atoms with Crippen LogP contribution in [0.1, 0.15) is 6.92 Å². The molecule has 0 aromatic carbocycles. The molecule has 2 aromatic rings. The highest BCUT2D eigenvalue weighted by atomic mass is 79.9. The summed E-state index contributed by atoms with van der Waals surface area (Å²) in [6, 6.07) is 1.73. The number of aromatic nitrogens is 2. The highest BCUT2D eigenvalue weighted by molar-refractivity contribution is 9.10. The fraction of sp³-hybridized carbons (Fsp3) is 0.250. The lowest BCUT2D eigenvalue weighted by Crippen LogP contribution is -2.12. The maximum atomic E-state index is 11.2. The molecule has 0 saturated heterocycles. The van der Waals surface area contributed by atoms with Crippen LogP contribution in [-0.2, 0) is 6.54 Å². The zero-order valence-electron chi connectivity index (χ0n) is 6.95. The Hall–Kier alpha value is -1.10. The molecule has 0 bridgehead atoms. The normalized spacial score (nSPS) is 10.9. The van der Waals surface area contributed by atoms with Crippen LogP contribution in [0, 0.1) is 0 Å². The van der Waals surface area contributed by atoms with Gasteiger partial charge < -0.3 is 4.42 Å². The van der Waals surface area contributed by atoms with Crippen LogP contribution < -0.4 is 5.76 Å². The second-order valence-corrected chi connectivity index (χ2v) is 3.50. The molecule has 0 atom stereocenters. The van der Waals surface area contributed by atoms with E-state index in [1.165, 1.54) is 4.57 Å². The second kappa shape index (κ2) is 2.99. The number of rotatable bonds is 1. The minimum Gasteiger partial charge on any atom is -0.406 e. The third-order valence-corrected chi connectivity index (χ3v) is 2.22. The molecule has 4 nitrogen and oxygen atoms in total. The fourth-order valence-electron chi connectivity index (χ4n) is 1.21. The largest absolute Gasteiger partial charge is 0.421 e. The lowest BCUT2D eigenvalue weighted by Gasteiger charge is -1.93. The molecular weight excluding hydrogens is 236 g/mol. The highest BCUT2D eigenvalue weighted by Crippen LogP contribution is 2.15. The van der Waals surface area contributed by atoms with Gasteiger partial charge in [0.2, 0.25) is 0 Å². The van der Waals surface area contributed by atoms with E-state index in [0.29, 0.717) is 17.8 Å². The number of nitrogens with zero attached hydrogens (tertiary/aromatic N) is 2. The van der Waals surface area contributed by atoms with Gasteiger partial charge in [0.15, 0.2) is 11.2 Å². The summed E-state index contributed by atoms with van der Waals surface area (Å²) >= 11 is 3.25. The summed E-state index contributed by atoms with van der Waals surface area (Å²) in [4.78, 5) is 15.3. The summed E-state index contributed by atoms with van der Waals surface area (Å²) in [7, 11) is 0. The molecule has 68 valence electrons. The van der Waals surface area contributed by atoms with Crippen LogP contribution in [0.2, 0.25) is 0 Å². The minimum atomic E-state index is -0.358. The summed E-state index contributed by atoms with van der Waals surface area (Å²) in [5.41, 5.74) is 1.11. The Balaban J connectivity index is 2.87. The molecule has 2 aromatic heterocycles. The monoisotopic (exact) mass is 242 g/mol. The average molecular weight is 243 g/mol. The van der Waals surface area contributed by atoms with Crippen molar-refractivity contribution >= 4 is 27.2 Å². The Bertz CT molecular complexity index is 500. The number of halogens is 1. The van der Waals surface area contributed by atoms with E-state index in [2.05, 4.69) is 20.9 Å². The van der Waals surface area contributed by atoms with Gasteiger partial charge in [-0.3, -0.25) is 4.57 Å². The number of hydrogen-bond donors (Lipinski definition) is 0. The summed E-state index contributed by atoms with van der Waals surface area (Å²) in [5, 5.41) is 0. The molecule has 2 rings (SSSR count). The molecule has 0 N–H and O–H groups in total. The van der Waals surface area contributed by atoms with Gasteiger partial charge >= 0.3 is 5.76 Å². The van der Waals surface area contributed by atoms with Crippen LogP contribution in [0.4, 0.5) is 0 Å². The molecule has 0 aliphatic heterocycles. The van der Waals surface area contributed by atoms with Gasteiger partial charge in [0.05, 0.1) is 0 Å². The quantitative estimate of drug-likeness (QED) is 0.766. The highest BCUT2D eigenvalue weighted by Gasteiger charge is 2.08. The van der Waals surface area contributed by atoms with E-state index in [-0.39, 0.29) is 5.76 Å². The van der Waals surface area contributed by atoms with Crippen LogP contribution in [0.15, 0.2) is 25.9 Å². The van der Waals surface area contributed by atoms with Gasteiger partial charge in [0, 0.05) is 23.3 Å². The van der Waals surface area contributed by atoms with Gasteiger partial charge in [-0.25, -0.2) is 9.78 Å². The molecule has 2 heterocycles. The number of hydrogen-bond acceptors (Lipinski definition) is 3. The number of oxazole rings is 1. The first-order valence-electron chi connectivity index (χ1n) is 3.87. The Labute approximate surface area is 82.3 Å². The van der Waals surface area contributed by atoms with E-state index in [1.54, 1.807) is 12.3 Å². The van der Waals surface area contributed by atoms with Gasteiger partial charge in [-0.1, -0.05) is 0 Å². The predicted octanol–water partition coefficient (Wildman–Crippen LogP) is 1.77. The molecule has 0 aliphatic rings. The van der Waals surface area contributed by atoms with Crippen molar-refractivity contribution < 1.29 is 4.42 Å². The van der Waals surface area contributed by atoms with E-state index in [9.17, 15) is 4.79 Å². The topological polar surface area (TPSA) is 48.0 Å². The van der Waals surface area contributed by atoms with Crippen molar-refractivity contribution in [2.24, 2.45) is 0 Å². The van der Waals surface area contributed by atoms with Gasteiger partial charge in [-0.15, -0.1) is 0 Å². The first-order chi connectivity index (χ1) is 6.22. The van der Waals surface area contributed by atoms with Gasteiger partial charge in [0.25, 0.3) is 0 Å². The van der Waals surface area contributed by atoms with Crippen molar-refractivity contribution in [1.82, 2.24) is 9.55 Å². The van der Waals surface area contributed by atoms with E-state index in [0.717, 1.165) is 4.47 Å². The van der Waals surface area contributed by atoms with Crippen molar-refractivity contribution in [2.45, 2.75) is 13.5 Å². The Kier molecular flexibility index (Phi) is 1.95. The second-order valence-electron chi connectivity index (χ2n) is 2.59. The molecule has 13 heavy (non-hydrogen) atoms. The minimum absolute atomic E-state index is 0.358. The molecule has 0 radical (unpaired) electrons. The Morgan fingerprint density at radius 2 is 2.46 bits per heavy atom. The maximum absolute atomic E-state index is 11.2. The van der Waals surface area contributed by atoms with Gasteiger partial charge in [-0.05, 0) is 22.9 Å². The predicted molar refractivity (Wildman–Crippen MR) is 51.6 cm³/mol. The van der Waals surface area contributed by atoms with Gasteiger partial charge in [-0.2, -0.15) is 0 Å². The summed E-state index contributed by atoms with van der Waals surface area (Å²) < 4.78 is 7.28. The first kappa shape index (κ1) is 8.50. The van der Waals surface area contributed by atoms with E-state index >= 15 is 0 Å². The maximum Gasteiger partial charge on any atom is 0.421 e. The first-order valence-corrected chi connectivity index (χ1v) is 4.66. The lowest BCUT2D eigenvalue weighted by molar-refractivity contribution is 0.513. The zero-order valence-corrected chi connectivity index (χ0v) is 8.54. The van der Waals surface area contributed by atoms with Crippen LogP contribution in [-0.4, -0.2) is 9.55 Å². The molecule has 0 saturated carbocycles. The van der Waals surface area contributed by atoms with E-state index < -0.39 is 0 Å². The molecule has 0 fully saturated rings. The van der Waals surface area contributed by atoms with Gasteiger partial charge in [0.1, 0.15) is 0 Å². The summed E-state index contributed by atoms with van der Waals surface area (Å²) in [6.45, 7) is 2.44. The third-order valence-electron chi connectivity index (χ3n) is 1.79. The number of fused-ring (bicyclic) bond motifs is 1. The summed E-state index contributed by atoms with van der Waals surface area (Å²) in [5.74, 6) is -0.358. The third kappa shape index (κ3) is 1.29. The van der Waals surface area contributed by atoms with Crippen LogP contribution in [0.3, 0.4) is 0 Å². The van der Waals surface area contributed by atoms with Crippen molar-refractivity contribution in [3.8, 4) is 0 Å². The van der Waals surface area contributed by atoms with Crippen molar-refractivity contribution in [1.29, 1.82) is 0 Å². The molecule has 5 heteroatoms. The molecular formula is C8H7BrN2O2. The molecule has 0 spiro atoms. The lowest BCUT2D eigenvalue weighted by atomic mass is 10.4. The zero-order chi connectivity index (χ0) is 9.42. The molecule has 0 amide bonds. The molecule has 0 unspecified atom stereocenters. The Morgan fingerprint density at radius 3 is 3.15 bits per heavy atom. The number of aryl methyl sites for hydroxylation is 1. The van der Waals surface area contributed by atoms with Crippen molar-refractivity contribution in [3.63, 3.8) is 0 Å². The fourth-order valence-corrected chi connectivity index (χ4v) is 1.52. The van der Waals surface area contributed by atoms with Crippen molar-refractivity contribution in [2.75, 3.05) is 0 Å². The summed E-state index contributed by atoms with van der Waals surface area (Å²) in [6.07, 6.45) is 1.64. The standard InChI is InChI=1S/C8H7BrN2O2/c1-2-11-7-6(13-8(11)12)3-5(9)4-10-7/h3-4H,2H2,1H3. The van der Waals surface area contributed by atoms with Crippen LogP contribution >= 0.6 is 15.9 Å². The smallest absolute Gasteiger partial charge is 0.406 e. The SMILES string of the molecule is CCn1c(=O)oc2cc(Br)cnc21. The van der Waals surface area contributed by atoms with Crippen molar-refractivity contribution in [3.05, 3.63) is 27.3 Å². The number of pyridine rings is 1. The average Bonchev–Trinajstić information content (AvgIpc) is 2.39. The molecule has 0 aliphatic carbocycles. The Morgan fingerprint density at radius 1 is 1.69 bits per heavy atom.